The van der Waals surface area contributed by atoms with Crippen LogP contribution in [-0.2, 0) is 54.3 Å². The van der Waals surface area contributed by atoms with Gasteiger partial charge in [0.25, 0.3) is 0 Å². The lowest BCUT2D eigenvalue weighted by Gasteiger charge is -2.45. The van der Waals surface area contributed by atoms with E-state index in [1.807, 2.05) is 0 Å². The summed E-state index contributed by atoms with van der Waals surface area (Å²) in [5, 5.41) is 0.403. The summed E-state index contributed by atoms with van der Waals surface area (Å²) in [6.45, 7) is 16.7. The number of nitrogens with two attached hydrogens (primary N) is 1. The second-order valence-electron chi connectivity index (χ2n) is 17.4. The number of fused-ring (bicyclic) bond motifs is 7. The number of esters is 5. The minimum Gasteiger partial charge on any atom is -0.483 e. The van der Waals surface area contributed by atoms with Gasteiger partial charge < -0.3 is 38.6 Å². The van der Waals surface area contributed by atoms with E-state index >= 15 is 0 Å². The highest BCUT2D eigenvalue weighted by Gasteiger charge is 2.78. The Morgan fingerprint density at radius 1 is 0.811 bits per heavy atom. The summed E-state index contributed by atoms with van der Waals surface area (Å²) >= 11 is 0. The number of ether oxygens (including phenoxy) is 6. The average Bonchev–Trinajstić information content (AvgIpc) is 3.53. The van der Waals surface area contributed by atoms with Gasteiger partial charge in [0.15, 0.2) is 12.2 Å². The number of rotatable bonds is 7. The zero-order chi connectivity index (χ0) is 39.1. The normalized spacial score (nSPS) is 34.5. The molecular formula is C39H47NO13. The van der Waals surface area contributed by atoms with Gasteiger partial charge in [0, 0.05) is 16.2 Å². The quantitative estimate of drug-likeness (QED) is 0.238. The third kappa shape index (κ3) is 4.47. The van der Waals surface area contributed by atoms with Crippen molar-refractivity contribution in [3.8, 4) is 5.75 Å². The Hall–Kier alpha value is -4.46. The topological polar surface area (TPSA) is 197 Å². The zero-order valence-corrected chi connectivity index (χ0v) is 31.8. The van der Waals surface area contributed by atoms with Gasteiger partial charge >= 0.3 is 35.5 Å². The standard InChI is InChI=1S/C39H47NO13/c1-18-20-11-12-22-23(24(20)48-28(42)21(18)17-47-27(41)19(2)40)25(49-31(45)38-15-13-36(9,29(43)52-38)34(38,5)6)26(33(3,4)51-22)50-32(46)39-16-14-37(10,30(44)53-39)35(39,7)8/h11-12,19,25-26H,13-17,40H2,1-10H3/t19?,25-,26-,36?,37?,38-,39-/m1/s1. The van der Waals surface area contributed by atoms with Crippen molar-refractivity contribution in [3.05, 3.63) is 39.2 Å². The maximum atomic E-state index is 14.6. The Morgan fingerprint density at radius 3 is 1.81 bits per heavy atom. The van der Waals surface area contributed by atoms with Crippen LogP contribution in [0.15, 0.2) is 21.3 Å². The molecule has 14 nitrogen and oxygen atoms in total. The van der Waals surface area contributed by atoms with E-state index in [9.17, 15) is 28.8 Å². The smallest absolute Gasteiger partial charge is 0.351 e. The van der Waals surface area contributed by atoms with Crippen molar-refractivity contribution in [2.75, 3.05) is 0 Å². The number of aryl methyl sites for hydroxylation is 1. The summed E-state index contributed by atoms with van der Waals surface area (Å²) in [6, 6.07) is 2.37. The Morgan fingerprint density at radius 2 is 1.34 bits per heavy atom. The van der Waals surface area contributed by atoms with Crippen molar-refractivity contribution in [2.24, 2.45) is 27.4 Å². The van der Waals surface area contributed by atoms with Crippen LogP contribution in [-0.4, -0.2) is 58.8 Å². The molecular weight excluding hydrogens is 690 g/mol. The van der Waals surface area contributed by atoms with E-state index < -0.39 is 98.8 Å². The third-order valence-electron chi connectivity index (χ3n) is 14.1. The van der Waals surface area contributed by atoms with Gasteiger partial charge in [-0.05, 0) is 84.9 Å². The molecule has 2 saturated carbocycles. The van der Waals surface area contributed by atoms with Crippen LogP contribution in [0.4, 0.5) is 0 Å². The van der Waals surface area contributed by atoms with Gasteiger partial charge in [0.05, 0.1) is 22.0 Å². The molecule has 4 fully saturated rings. The first-order valence-corrected chi connectivity index (χ1v) is 18.0. The molecule has 14 heteroatoms. The van der Waals surface area contributed by atoms with Crippen molar-refractivity contribution in [3.63, 3.8) is 0 Å². The summed E-state index contributed by atoms with van der Waals surface area (Å²) < 4.78 is 42.1. The highest BCUT2D eigenvalue weighted by molar-refractivity contribution is 5.95. The molecule has 3 unspecified atom stereocenters. The second-order valence-corrected chi connectivity index (χ2v) is 17.4. The molecule has 1 aromatic carbocycles. The molecule has 0 amide bonds. The van der Waals surface area contributed by atoms with Crippen LogP contribution >= 0.6 is 0 Å². The largest absolute Gasteiger partial charge is 0.483 e. The summed E-state index contributed by atoms with van der Waals surface area (Å²) in [6.07, 6.45) is -1.66. The van der Waals surface area contributed by atoms with Gasteiger partial charge in [-0.25, -0.2) is 14.4 Å². The van der Waals surface area contributed by atoms with Crippen LogP contribution in [0.25, 0.3) is 11.0 Å². The van der Waals surface area contributed by atoms with Gasteiger partial charge in [-0.2, -0.15) is 0 Å². The summed E-state index contributed by atoms with van der Waals surface area (Å²) in [7, 11) is 0. The fourth-order valence-corrected chi connectivity index (χ4v) is 9.26. The fourth-order valence-electron chi connectivity index (χ4n) is 9.26. The molecule has 4 bridgehead atoms. The second kappa shape index (κ2) is 11.0. The Kier molecular flexibility index (Phi) is 7.69. The molecule has 0 radical (unpaired) electrons. The first-order valence-electron chi connectivity index (χ1n) is 18.0. The number of carbonyl (C=O) groups is 5. The predicted octanol–water partition coefficient (Wildman–Crippen LogP) is 4.40. The maximum Gasteiger partial charge on any atom is 0.351 e. The van der Waals surface area contributed by atoms with E-state index in [0.29, 0.717) is 23.8 Å². The van der Waals surface area contributed by atoms with Crippen molar-refractivity contribution in [2.45, 2.75) is 137 Å². The minimum atomic E-state index is -1.66. The van der Waals surface area contributed by atoms with Gasteiger partial charge in [-0.1, -0.05) is 27.7 Å². The molecule has 0 spiro atoms. The van der Waals surface area contributed by atoms with E-state index in [2.05, 4.69) is 0 Å². The summed E-state index contributed by atoms with van der Waals surface area (Å²) in [4.78, 5) is 81.2. The van der Waals surface area contributed by atoms with Crippen LogP contribution < -0.4 is 16.1 Å². The zero-order valence-electron chi connectivity index (χ0n) is 31.8. The van der Waals surface area contributed by atoms with E-state index in [0.717, 1.165) is 0 Å². The molecule has 286 valence electrons. The van der Waals surface area contributed by atoms with Crippen LogP contribution in [0.3, 0.4) is 0 Å². The van der Waals surface area contributed by atoms with Crippen LogP contribution in [0.2, 0.25) is 0 Å². The number of carbonyl (C=O) groups excluding carboxylic acids is 5. The molecule has 1 aromatic heterocycles. The first kappa shape index (κ1) is 36.9. The highest BCUT2D eigenvalue weighted by Crippen LogP contribution is 2.67. The van der Waals surface area contributed by atoms with Crippen LogP contribution in [0.1, 0.15) is 111 Å². The molecule has 7 atom stereocenters. The van der Waals surface area contributed by atoms with E-state index in [4.69, 9.17) is 38.6 Å². The lowest BCUT2D eigenvalue weighted by Crippen LogP contribution is -2.57. The number of hydrogen-bond acceptors (Lipinski definition) is 14. The predicted molar refractivity (Wildman–Crippen MR) is 184 cm³/mol. The van der Waals surface area contributed by atoms with Gasteiger partial charge in [-0.15, -0.1) is 0 Å². The van der Waals surface area contributed by atoms with Crippen molar-refractivity contribution < 1.29 is 56.8 Å². The number of benzene rings is 1. The minimum absolute atomic E-state index is 0.0164. The molecule has 2 saturated heterocycles. The molecule has 53 heavy (non-hydrogen) atoms. The lowest BCUT2D eigenvalue weighted by atomic mass is 9.66. The molecule has 2 N–H and O–H groups in total. The fraction of sp³-hybridized carbons (Fsp3) is 0.641. The molecule has 3 aliphatic heterocycles. The summed E-state index contributed by atoms with van der Waals surface area (Å²) in [5.41, 5.74) is -3.11. The van der Waals surface area contributed by atoms with Crippen molar-refractivity contribution >= 4 is 40.8 Å². The Bertz CT molecular complexity index is 2080. The molecule has 5 aliphatic rings. The third-order valence-corrected chi connectivity index (χ3v) is 14.1. The van der Waals surface area contributed by atoms with Gasteiger partial charge in [0.1, 0.15) is 29.6 Å². The molecule has 4 heterocycles. The molecule has 7 rings (SSSR count). The van der Waals surface area contributed by atoms with E-state index in [-0.39, 0.29) is 35.3 Å². The van der Waals surface area contributed by atoms with Crippen LogP contribution in [0.5, 0.6) is 5.75 Å². The van der Waals surface area contributed by atoms with E-state index in [1.54, 1.807) is 74.4 Å². The van der Waals surface area contributed by atoms with Gasteiger partial charge in [-0.3, -0.25) is 14.4 Å². The molecule has 2 aromatic rings. The van der Waals surface area contributed by atoms with Crippen molar-refractivity contribution in [1.82, 2.24) is 0 Å². The average molecular weight is 738 g/mol. The monoisotopic (exact) mass is 737 g/mol. The maximum absolute atomic E-state index is 14.6. The Labute approximate surface area is 306 Å². The van der Waals surface area contributed by atoms with E-state index in [1.165, 1.54) is 6.92 Å². The summed E-state index contributed by atoms with van der Waals surface area (Å²) in [5.74, 6) is -3.24. The number of hydrogen-bond donors (Lipinski definition) is 1. The highest BCUT2D eigenvalue weighted by atomic mass is 16.7. The molecule has 2 aliphatic carbocycles. The Balaban J connectivity index is 1.37. The first-order chi connectivity index (χ1) is 24.4. The van der Waals surface area contributed by atoms with Crippen molar-refractivity contribution in [1.29, 1.82) is 0 Å². The SMILES string of the molecule is Cc1c(COC(=O)C(C)N)c(=O)oc2c3c(ccc12)OC(C)(C)[C@H](OC(=O)[C@@]12CCC(C)(C(=O)O1)C2(C)C)[C@@H]3OC(=O)[C@@]12CCC(C)(C(=O)O1)C2(C)C. The van der Waals surface area contributed by atoms with Crippen LogP contribution in [0, 0.1) is 28.6 Å². The lowest BCUT2D eigenvalue weighted by molar-refractivity contribution is -0.217. The van der Waals surface area contributed by atoms with Gasteiger partial charge in [0.2, 0.25) is 11.2 Å².